The summed E-state index contributed by atoms with van der Waals surface area (Å²) in [7, 11) is 0. The van der Waals surface area contributed by atoms with E-state index in [1.54, 1.807) is 12.4 Å². The molecule has 422 valence electrons. The molecule has 0 spiro atoms. The number of anilines is 2. The van der Waals surface area contributed by atoms with Gasteiger partial charge in [0.25, 0.3) is 0 Å². The third-order valence-corrected chi connectivity index (χ3v) is 13.7. The van der Waals surface area contributed by atoms with Gasteiger partial charge in [0.1, 0.15) is 42.6 Å². The Kier molecular flexibility index (Phi) is 24.8. The molecule has 0 amide bonds. The summed E-state index contributed by atoms with van der Waals surface area (Å²) in [6.07, 6.45) is 9.31. The Morgan fingerprint density at radius 1 is 0.722 bits per heavy atom. The molecule has 0 fully saturated rings. The van der Waals surface area contributed by atoms with E-state index in [2.05, 4.69) is 51.9 Å². The molecule has 5 aromatic rings. The fraction of sp³-hybridized carbons (Fsp3) is 0.458. The lowest BCUT2D eigenvalue weighted by Gasteiger charge is -2.37. The summed E-state index contributed by atoms with van der Waals surface area (Å²) in [5.41, 5.74) is 8.50. The first-order valence-corrected chi connectivity index (χ1v) is 27.8. The van der Waals surface area contributed by atoms with Crippen LogP contribution in [0.5, 0.6) is 5.75 Å². The molecule has 1 aliphatic carbocycles. The second-order valence-corrected chi connectivity index (χ2v) is 19.5. The number of nitriles is 1. The average molecular weight is 1100 g/mol. The second kappa shape index (κ2) is 33.3. The highest BCUT2D eigenvalue weighted by Gasteiger charge is 2.41. The van der Waals surface area contributed by atoms with E-state index in [9.17, 15) is 5.21 Å². The van der Waals surface area contributed by atoms with Crippen molar-refractivity contribution in [2.45, 2.75) is 42.8 Å². The molecule has 0 saturated carbocycles. The lowest BCUT2D eigenvalue weighted by atomic mass is 9.83. The van der Waals surface area contributed by atoms with Gasteiger partial charge < -0.3 is 62.3 Å². The minimum Gasteiger partial charge on any atom is -0.491 e. The van der Waals surface area contributed by atoms with Crippen LogP contribution >= 0.6 is 11.8 Å². The van der Waals surface area contributed by atoms with E-state index < -0.39 is 0 Å². The summed E-state index contributed by atoms with van der Waals surface area (Å²) in [5, 5.41) is 37.9. The van der Waals surface area contributed by atoms with Crippen molar-refractivity contribution in [2.24, 2.45) is 15.5 Å². The number of nitrogens with zero attached hydrogens (tertiary/aromatic N) is 7. The second-order valence-electron chi connectivity index (χ2n) is 18.6. The zero-order chi connectivity index (χ0) is 54.5. The quantitative estimate of drug-likeness (QED) is 0.00987. The highest BCUT2D eigenvalue weighted by Crippen LogP contribution is 2.46. The van der Waals surface area contributed by atoms with Gasteiger partial charge in [0, 0.05) is 40.2 Å². The number of benzene rings is 4. The van der Waals surface area contributed by atoms with Gasteiger partial charge in [0.05, 0.1) is 136 Å². The molecule has 0 saturated heterocycles. The summed E-state index contributed by atoms with van der Waals surface area (Å²) >= 11 is 1.15. The van der Waals surface area contributed by atoms with Crippen LogP contribution in [0, 0.1) is 17.6 Å². The van der Waals surface area contributed by atoms with Crippen molar-refractivity contribution in [1.29, 1.82) is 5.26 Å². The predicted octanol–water partition coefficient (Wildman–Crippen LogP) is 9.17. The molecule has 4 aromatic carbocycles. The monoisotopic (exact) mass is 1100 g/mol. The Hall–Kier alpha value is -6.35. The molecule has 3 unspecified atom stereocenters. The van der Waals surface area contributed by atoms with Gasteiger partial charge in [-0.05, 0) is 91.2 Å². The maximum atomic E-state index is 10.0. The summed E-state index contributed by atoms with van der Waals surface area (Å²) in [6.45, 7) is 11.1. The Balaban J connectivity index is 0.705. The van der Waals surface area contributed by atoms with Gasteiger partial charge in [0.2, 0.25) is 0 Å². The summed E-state index contributed by atoms with van der Waals surface area (Å²) in [5.74, 6) is 0.825. The zero-order valence-electron chi connectivity index (χ0n) is 45.0. The van der Waals surface area contributed by atoms with Gasteiger partial charge in [0.15, 0.2) is 0 Å². The van der Waals surface area contributed by atoms with Gasteiger partial charge >= 0.3 is 0 Å². The van der Waals surface area contributed by atoms with Gasteiger partial charge in [-0.15, -0.1) is 0 Å². The van der Waals surface area contributed by atoms with Crippen LogP contribution in [0.3, 0.4) is 0 Å². The third-order valence-electron chi connectivity index (χ3n) is 13.1. The number of hydrogen-bond donors (Lipinski definition) is 1. The number of rotatable bonds is 37. The van der Waals surface area contributed by atoms with E-state index >= 15 is 0 Å². The van der Waals surface area contributed by atoms with Crippen LogP contribution < -0.4 is 14.6 Å². The van der Waals surface area contributed by atoms with Crippen molar-refractivity contribution >= 4 is 40.3 Å². The Morgan fingerprint density at radius 2 is 1.35 bits per heavy atom. The number of para-hydroxylation sites is 2. The highest BCUT2D eigenvalue weighted by molar-refractivity contribution is 8.03. The average Bonchev–Trinajstić information content (AvgIpc) is 4.22. The normalized spacial score (nSPS) is 16.3. The maximum Gasteiger partial charge on any atom is 0.140 e. The Labute approximate surface area is 467 Å². The van der Waals surface area contributed by atoms with Crippen LogP contribution in [0.25, 0.3) is 10.9 Å². The third kappa shape index (κ3) is 18.6. The first-order valence-electron chi connectivity index (χ1n) is 27.0. The number of oxime groups is 1. The van der Waals surface area contributed by atoms with Crippen molar-refractivity contribution in [3.8, 4) is 11.2 Å². The van der Waals surface area contributed by atoms with Crippen LogP contribution in [-0.2, 0) is 47.5 Å². The molecule has 3 heterocycles. The standard InChI is InChI=1S/C59H73N7O12S/c1-46-14-18-50(19-15-46)76-37-34-72-28-26-69-30-32-74-43-51(44-75-33-31-70-27-29-73-36-39-78-61-40-48-42-65(67)57-13-7-4-9-53(48)57)77-38-35-71-25-24-68-23-22-64-41-47-8-2-3-10-54(47)59-58(55-11-5-6-12-56(55)64)62-63-66(59)49-16-20-52(21-17-49)79-45-60/h3-7,9-21,40,42,51,58-59,67H,2,8,22-39,41,43-44H2,1H3/b61-40+. The maximum absolute atomic E-state index is 10.0. The highest BCUT2D eigenvalue weighted by atomic mass is 32.2. The number of allylic oxidation sites excluding steroid dienone is 1. The van der Waals surface area contributed by atoms with Crippen molar-refractivity contribution in [2.75, 3.05) is 149 Å². The first-order chi connectivity index (χ1) is 39.1. The lowest BCUT2D eigenvalue weighted by molar-refractivity contribution is -0.0869. The Bertz CT molecular complexity index is 2750. The van der Waals surface area contributed by atoms with Crippen molar-refractivity contribution < 1.29 is 57.4 Å². The van der Waals surface area contributed by atoms with Crippen molar-refractivity contribution in [1.82, 2.24) is 4.73 Å². The van der Waals surface area contributed by atoms with Crippen LogP contribution in [0.2, 0.25) is 0 Å². The molecule has 8 rings (SSSR count). The smallest absolute Gasteiger partial charge is 0.140 e. The predicted molar refractivity (Wildman–Crippen MR) is 301 cm³/mol. The number of ether oxygens (including phenoxy) is 10. The molecule has 2 aliphatic heterocycles. The van der Waals surface area contributed by atoms with E-state index in [1.807, 2.05) is 84.7 Å². The molecular weight excluding hydrogens is 1030 g/mol. The number of thioether (sulfide) groups is 1. The molecule has 3 aliphatic rings. The molecule has 0 radical (unpaired) electrons. The molecule has 19 nitrogen and oxygen atoms in total. The lowest BCUT2D eigenvalue weighted by Crippen LogP contribution is -2.39. The summed E-state index contributed by atoms with van der Waals surface area (Å²) < 4.78 is 59.5. The number of aromatic nitrogens is 1. The Morgan fingerprint density at radius 3 is 2.08 bits per heavy atom. The molecule has 20 heteroatoms. The van der Waals surface area contributed by atoms with E-state index in [-0.39, 0.29) is 24.8 Å². The SMILES string of the molecule is Cc1ccc(OCCOCCOCCOCC(COCCOCCOCCO/N=C/c2cn(O)c3ccccc23)OCCOCCOCCN2CC3=C(C=CCC3)C3C(N=NN3c3ccc(SC#N)cc3)c3ccccc32)cc1. The molecule has 3 atom stereocenters. The number of fused-ring (bicyclic) bond motifs is 5. The molecule has 79 heavy (non-hydrogen) atoms. The number of thiocyanates is 1. The number of aryl methyl sites for hydroxylation is 1. The van der Waals surface area contributed by atoms with E-state index in [0.29, 0.717) is 131 Å². The molecule has 0 bridgehead atoms. The van der Waals surface area contributed by atoms with Crippen LogP contribution in [-0.4, -0.2) is 167 Å². The summed E-state index contributed by atoms with van der Waals surface area (Å²) in [6, 6.07) is 31.6. The fourth-order valence-corrected chi connectivity index (χ4v) is 9.57. The van der Waals surface area contributed by atoms with Crippen molar-refractivity contribution in [3.63, 3.8) is 0 Å². The van der Waals surface area contributed by atoms with E-state index in [1.165, 1.54) is 16.7 Å². The topological polar surface area (TPSA) is 194 Å². The zero-order valence-corrected chi connectivity index (χ0v) is 45.8. The fourth-order valence-electron chi connectivity index (χ4n) is 9.19. The molecule has 1 aromatic heterocycles. The molecular formula is C59H73N7O12S. The minimum atomic E-state index is -0.328. The van der Waals surface area contributed by atoms with Gasteiger partial charge in [-0.1, -0.05) is 76.6 Å². The van der Waals surface area contributed by atoms with Gasteiger partial charge in [-0.2, -0.15) is 15.1 Å². The largest absolute Gasteiger partial charge is 0.491 e. The summed E-state index contributed by atoms with van der Waals surface area (Å²) in [4.78, 5) is 8.63. The van der Waals surface area contributed by atoms with E-state index in [4.69, 9.17) is 67.8 Å². The van der Waals surface area contributed by atoms with Gasteiger partial charge in [-0.3, -0.25) is 0 Å². The first kappa shape index (κ1) is 58.8. The van der Waals surface area contributed by atoms with Crippen LogP contribution in [0.15, 0.2) is 147 Å². The number of hydrogen-bond acceptors (Lipinski definition) is 19. The van der Waals surface area contributed by atoms with Gasteiger partial charge in [-0.25, -0.2) is 5.01 Å². The van der Waals surface area contributed by atoms with Crippen LogP contribution in [0.4, 0.5) is 11.4 Å². The van der Waals surface area contributed by atoms with E-state index in [0.717, 1.165) is 74.4 Å². The molecule has 1 N–H and O–H groups in total. The van der Waals surface area contributed by atoms with Crippen LogP contribution in [0.1, 0.15) is 35.6 Å². The van der Waals surface area contributed by atoms with Crippen molar-refractivity contribution in [3.05, 3.63) is 143 Å². The minimum absolute atomic E-state index is 0.0750.